The second-order valence-electron chi connectivity index (χ2n) is 9.29. The highest BCUT2D eigenvalue weighted by molar-refractivity contribution is 5.85. The number of nitrogens with two attached hydrogens (primary N) is 1. The molecule has 0 atom stereocenters. The molecule has 0 spiro atoms. The van der Waals surface area contributed by atoms with Gasteiger partial charge in [0.1, 0.15) is 22.2 Å². The van der Waals surface area contributed by atoms with E-state index in [1.165, 1.54) is 0 Å². The molecule has 0 bridgehead atoms. The first-order chi connectivity index (χ1) is 16.8. The molecular weight excluding hydrogens is 434 g/mol. The third-order valence-electron chi connectivity index (χ3n) is 5.28. The van der Waals surface area contributed by atoms with Crippen molar-refractivity contribution >= 4 is 27.4 Å². The lowest BCUT2D eigenvalue weighted by Gasteiger charge is -2.15. The Morgan fingerprint density at radius 1 is 0.857 bits per heavy atom. The summed E-state index contributed by atoms with van der Waals surface area (Å²) < 4.78 is 6.32. The number of rotatable bonds is 2. The van der Waals surface area contributed by atoms with Gasteiger partial charge in [0.25, 0.3) is 0 Å². The Kier molecular flexibility index (Phi) is 5.72. The number of aromatic nitrogens is 1. The molecule has 0 saturated heterocycles. The van der Waals surface area contributed by atoms with Crippen molar-refractivity contribution in [3.63, 3.8) is 0 Å². The molecule has 0 aliphatic carbocycles. The largest absolute Gasteiger partial charge is 0.454 e. The average molecular weight is 460 g/mol. The van der Waals surface area contributed by atoms with Crippen LogP contribution in [0.2, 0.25) is 0 Å². The van der Waals surface area contributed by atoms with E-state index in [2.05, 4.69) is 28.0 Å². The van der Waals surface area contributed by atoms with Gasteiger partial charge >= 0.3 is 0 Å². The zero-order valence-corrected chi connectivity index (χ0v) is 19.9. The van der Waals surface area contributed by atoms with Crippen molar-refractivity contribution in [1.82, 2.24) is 4.98 Å². The molecule has 0 aliphatic heterocycles. The van der Waals surface area contributed by atoms with E-state index in [1.807, 2.05) is 99.8 Å². The summed E-state index contributed by atoms with van der Waals surface area (Å²) in [6.45, 7) is 5.88. The average Bonchev–Trinajstić information content (AvgIpc) is 2.85. The van der Waals surface area contributed by atoms with Gasteiger partial charge in [-0.1, -0.05) is 47.3 Å². The standard InChI is InChI=1S/C30H25N3O2/c1-30(2,3)35-33-26-18-29(27-17-22-8-4-5-9-23(22)19-32-27)34-28-16-21(13-14-25(26)28)12-11-20-7-6-10-24(31)15-20/h4-10,13-19H,31H2,1-3H3. The third-order valence-corrected chi connectivity index (χ3v) is 5.28. The van der Waals surface area contributed by atoms with Gasteiger partial charge in [-0.15, -0.1) is 0 Å². The maximum absolute atomic E-state index is 6.32. The quantitative estimate of drug-likeness (QED) is 0.192. The van der Waals surface area contributed by atoms with Crippen LogP contribution < -0.4 is 11.1 Å². The van der Waals surface area contributed by atoms with E-state index in [-0.39, 0.29) is 0 Å². The van der Waals surface area contributed by atoms with E-state index in [4.69, 9.17) is 15.0 Å². The van der Waals surface area contributed by atoms with Crippen LogP contribution >= 0.6 is 0 Å². The predicted molar refractivity (Wildman–Crippen MR) is 140 cm³/mol. The monoisotopic (exact) mass is 459 g/mol. The van der Waals surface area contributed by atoms with Gasteiger partial charge in [0.05, 0.1) is 0 Å². The molecule has 172 valence electrons. The molecule has 5 nitrogen and oxygen atoms in total. The highest BCUT2D eigenvalue weighted by Crippen LogP contribution is 2.24. The van der Waals surface area contributed by atoms with Crippen molar-refractivity contribution in [2.45, 2.75) is 26.4 Å². The summed E-state index contributed by atoms with van der Waals surface area (Å²) in [5, 5.41) is 8.09. The molecule has 0 saturated carbocycles. The molecular formula is C30H25N3O2. The van der Waals surface area contributed by atoms with Crippen LogP contribution in [0.15, 0.2) is 94.6 Å². The number of hydrogen-bond donors (Lipinski definition) is 1. The van der Waals surface area contributed by atoms with E-state index in [0.717, 1.165) is 27.3 Å². The summed E-state index contributed by atoms with van der Waals surface area (Å²) in [4.78, 5) is 10.4. The fourth-order valence-electron chi connectivity index (χ4n) is 3.61. The van der Waals surface area contributed by atoms with Crippen LogP contribution in [0.1, 0.15) is 31.9 Å². The first-order valence-corrected chi connectivity index (χ1v) is 11.4. The van der Waals surface area contributed by atoms with Crippen molar-refractivity contribution in [3.8, 4) is 23.3 Å². The highest BCUT2D eigenvalue weighted by Gasteiger charge is 2.12. The number of anilines is 1. The van der Waals surface area contributed by atoms with E-state index in [9.17, 15) is 0 Å². The van der Waals surface area contributed by atoms with Gasteiger partial charge in [0.2, 0.25) is 0 Å². The smallest absolute Gasteiger partial charge is 0.155 e. The van der Waals surface area contributed by atoms with Crippen molar-refractivity contribution in [1.29, 1.82) is 0 Å². The zero-order chi connectivity index (χ0) is 24.4. The number of benzene rings is 3. The molecule has 0 fully saturated rings. The Morgan fingerprint density at radius 3 is 2.40 bits per heavy atom. The Balaban J connectivity index is 1.65. The fraction of sp³-hybridized carbons (Fsp3) is 0.133. The number of fused-ring (bicyclic) bond motifs is 2. The molecule has 3 aromatic carbocycles. The minimum atomic E-state index is -0.427. The summed E-state index contributed by atoms with van der Waals surface area (Å²) >= 11 is 0. The van der Waals surface area contributed by atoms with Crippen LogP contribution in [0.25, 0.3) is 33.2 Å². The van der Waals surface area contributed by atoms with E-state index in [0.29, 0.717) is 28.1 Å². The van der Waals surface area contributed by atoms with Gasteiger partial charge in [-0.05, 0) is 68.6 Å². The van der Waals surface area contributed by atoms with Crippen molar-refractivity contribution in [2.75, 3.05) is 5.73 Å². The zero-order valence-electron chi connectivity index (χ0n) is 19.9. The summed E-state index contributed by atoms with van der Waals surface area (Å²) in [7, 11) is 0. The Bertz CT molecular complexity index is 1680. The van der Waals surface area contributed by atoms with Crippen LogP contribution in [0.5, 0.6) is 0 Å². The molecule has 5 rings (SSSR count). The van der Waals surface area contributed by atoms with E-state index >= 15 is 0 Å². The summed E-state index contributed by atoms with van der Waals surface area (Å²) in [5.41, 5.74) is 9.16. The van der Waals surface area contributed by atoms with Crippen molar-refractivity contribution in [2.24, 2.45) is 5.16 Å². The van der Waals surface area contributed by atoms with Gasteiger partial charge in [0, 0.05) is 39.8 Å². The fourth-order valence-corrected chi connectivity index (χ4v) is 3.61. The number of hydrogen-bond acceptors (Lipinski definition) is 5. The Labute approximate surface area is 203 Å². The van der Waals surface area contributed by atoms with Crippen molar-refractivity contribution in [3.05, 3.63) is 102 Å². The summed E-state index contributed by atoms with van der Waals surface area (Å²) in [5.74, 6) is 6.95. The molecule has 0 aliphatic rings. The molecule has 35 heavy (non-hydrogen) atoms. The molecule has 0 radical (unpaired) electrons. The number of nitrogens with zero attached hydrogens (tertiary/aromatic N) is 2. The highest BCUT2D eigenvalue weighted by atomic mass is 16.6. The van der Waals surface area contributed by atoms with Gasteiger partial charge in [0.15, 0.2) is 5.76 Å². The van der Waals surface area contributed by atoms with Gasteiger partial charge in [-0.3, -0.25) is 4.98 Å². The first-order valence-electron chi connectivity index (χ1n) is 11.4. The van der Waals surface area contributed by atoms with Crippen LogP contribution in [-0.2, 0) is 4.84 Å². The molecule has 2 aromatic heterocycles. The molecule has 2 heterocycles. The lowest BCUT2D eigenvalue weighted by atomic mass is 10.1. The molecule has 0 amide bonds. The Morgan fingerprint density at radius 2 is 1.63 bits per heavy atom. The minimum absolute atomic E-state index is 0.427. The second-order valence-corrected chi connectivity index (χ2v) is 9.29. The van der Waals surface area contributed by atoms with Gasteiger partial charge < -0.3 is 15.0 Å². The normalized spacial score (nSPS) is 11.9. The van der Waals surface area contributed by atoms with Crippen LogP contribution in [-0.4, -0.2) is 10.6 Å². The summed E-state index contributed by atoms with van der Waals surface area (Å²) in [6.07, 6.45) is 1.85. The van der Waals surface area contributed by atoms with Crippen molar-refractivity contribution < 1.29 is 9.25 Å². The van der Waals surface area contributed by atoms with Crippen LogP contribution in [0.4, 0.5) is 5.69 Å². The first kappa shape index (κ1) is 22.2. The Hall–Kier alpha value is -4.56. The SMILES string of the molecule is CC(C)(C)ON=c1cc(-c2cc3ccccc3cn2)oc2cc(C#Cc3cccc(N)c3)ccc12. The van der Waals surface area contributed by atoms with Crippen LogP contribution in [0, 0.1) is 11.8 Å². The second kappa shape index (κ2) is 9.00. The minimum Gasteiger partial charge on any atom is -0.454 e. The topological polar surface area (TPSA) is 73.6 Å². The lowest BCUT2D eigenvalue weighted by Crippen LogP contribution is -2.18. The maximum Gasteiger partial charge on any atom is 0.155 e. The maximum atomic E-state index is 6.32. The number of pyridine rings is 1. The molecule has 5 aromatic rings. The number of nitrogen functional groups attached to an aromatic ring is 1. The van der Waals surface area contributed by atoms with Gasteiger partial charge in [-0.2, -0.15) is 0 Å². The molecule has 0 unspecified atom stereocenters. The van der Waals surface area contributed by atoms with Gasteiger partial charge in [-0.25, -0.2) is 0 Å². The van der Waals surface area contributed by atoms with Crippen LogP contribution in [0.3, 0.4) is 0 Å². The predicted octanol–water partition coefficient (Wildman–Crippen LogP) is 6.26. The molecule has 5 heteroatoms. The molecule has 2 N–H and O–H groups in total. The van der Waals surface area contributed by atoms with E-state index < -0.39 is 5.60 Å². The van der Waals surface area contributed by atoms with E-state index in [1.54, 1.807) is 0 Å². The summed E-state index contributed by atoms with van der Waals surface area (Å²) in [6, 6.07) is 25.3. The lowest BCUT2D eigenvalue weighted by molar-refractivity contribution is -0.00585. The third kappa shape index (κ3) is 5.18.